The molecule has 7 heteroatoms. The molecule has 3 aromatic rings. The molecule has 0 atom stereocenters. The van der Waals surface area contributed by atoms with Crippen LogP contribution in [0.3, 0.4) is 0 Å². The Morgan fingerprint density at radius 3 is 2.32 bits per heavy atom. The van der Waals surface area contributed by atoms with Gasteiger partial charge in [-0.2, -0.15) is 5.10 Å². The fourth-order valence-corrected chi connectivity index (χ4v) is 4.22. The maximum atomic E-state index is 12.9. The average Bonchev–Trinajstić information content (AvgIpc) is 3.26. The van der Waals surface area contributed by atoms with Gasteiger partial charge in [0.1, 0.15) is 5.69 Å². The topological polar surface area (TPSA) is 91.0 Å². The van der Waals surface area contributed by atoms with E-state index in [-0.39, 0.29) is 17.7 Å². The van der Waals surface area contributed by atoms with Gasteiger partial charge in [0.15, 0.2) is 0 Å². The fourth-order valence-electron chi connectivity index (χ4n) is 4.22. The highest BCUT2D eigenvalue weighted by Crippen LogP contribution is 2.26. The van der Waals surface area contributed by atoms with Crippen LogP contribution in [0.15, 0.2) is 42.7 Å². The first-order chi connectivity index (χ1) is 14.9. The first-order valence-electron chi connectivity index (χ1n) is 10.6. The van der Waals surface area contributed by atoms with E-state index in [1.807, 2.05) is 26.0 Å². The molecule has 0 radical (unpaired) electrons. The third-order valence-corrected chi connectivity index (χ3v) is 5.86. The minimum Gasteiger partial charge on any atom is -0.337 e. The number of anilines is 1. The summed E-state index contributed by atoms with van der Waals surface area (Å²) in [5.74, 6) is -0.154. The van der Waals surface area contributed by atoms with E-state index >= 15 is 0 Å². The summed E-state index contributed by atoms with van der Waals surface area (Å²) in [7, 11) is 0. The van der Waals surface area contributed by atoms with Gasteiger partial charge in [-0.15, -0.1) is 0 Å². The van der Waals surface area contributed by atoms with Crippen molar-refractivity contribution in [3.8, 4) is 11.3 Å². The summed E-state index contributed by atoms with van der Waals surface area (Å²) in [5, 5.41) is 10.2. The number of nitrogens with zero attached hydrogens (tertiary/aromatic N) is 3. The van der Waals surface area contributed by atoms with Crippen LogP contribution in [0.25, 0.3) is 11.3 Å². The molecule has 2 amide bonds. The Morgan fingerprint density at radius 2 is 1.68 bits per heavy atom. The molecule has 1 saturated heterocycles. The molecule has 0 aliphatic carbocycles. The van der Waals surface area contributed by atoms with E-state index in [1.54, 1.807) is 23.4 Å². The number of amides is 2. The predicted octanol–water partition coefficient (Wildman–Crippen LogP) is 3.89. The van der Waals surface area contributed by atoms with E-state index in [2.05, 4.69) is 39.6 Å². The molecule has 0 bridgehead atoms. The molecule has 0 spiro atoms. The van der Waals surface area contributed by atoms with Crippen LogP contribution in [-0.2, 0) is 4.79 Å². The number of aromatic amines is 1. The predicted molar refractivity (Wildman–Crippen MR) is 120 cm³/mol. The number of hydrogen-bond donors (Lipinski definition) is 2. The van der Waals surface area contributed by atoms with Crippen molar-refractivity contribution in [2.24, 2.45) is 5.92 Å². The number of rotatable bonds is 4. The van der Waals surface area contributed by atoms with E-state index < -0.39 is 0 Å². The molecule has 1 fully saturated rings. The third-order valence-electron chi connectivity index (χ3n) is 5.86. The van der Waals surface area contributed by atoms with E-state index in [9.17, 15) is 9.59 Å². The van der Waals surface area contributed by atoms with Crippen LogP contribution in [0, 0.1) is 26.7 Å². The summed E-state index contributed by atoms with van der Waals surface area (Å²) in [5.41, 5.74) is 6.30. The molecular weight excluding hydrogens is 390 g/mol. The number of benzene rings is 1. The maximum absolute atomic E-state index is 12.9. The van der Waals surface area contributed by atoms with Crippen molar-refractivity contribution < 1.29 is 9.59 Å². The molecule has 1 aliphatic rings. The number of likely N-dealkylation sites (tertiary alicyclic amines) is 1. The quantitative estimate of drug-likeness (QED) is 0.674. The average molecular weight is 418 g/mol. The third kappa shape index (κ3) is 4.50. The lowest BCUT2D eigenvalue weighted by molar-refractivity contribution is -0.121. The second-order valence-corrected chi connectivity index (χ2v) is 8.23. The van der Waals surface area contributed by atoms with Gasteiger partial charge in [0.05, 0.1) is 5.69 Å². The van der Waals surface area contributed by atoms with Crippen LogP contribution < -0.4 is 5.32 Å². The molecule has 3 heterocycles. The summed E-state index contributed by atoms with van der Waals surface area (Å²) < 4.78 is 0. The van der Waals surface area contributed by atoms with Gasteiger partial charge in [0, 0.05) is 42.7 Å². The van der Waals surface area contributed by atoms with Crippen LogP contribution in [0.2, 0.25) is 0 Å². The van der Waals surface area contributed by atoms with Crippen LogP contribution in [0.5, 0.6) is 0 Å². The van der Waals surface area contributed by atoms with Gasteiger partial charge in [0.2, 0.25) is 5.91 Å². The first kappa shape index (κ1) is 20.8. The van der Waals surface area contributed by atoms with Gasteiger partial charge in [-0.25, -0.2) is 0 Å². The molecule has 0 saturated carbocycles. The Bertz CT molecular complexity index is 1080. The zero-order valence-corrected chi connectivity index (χ0v) is 18.1. The number of nitrogens with one attached hydrogen (secondary N) is 2. The summed E-state index contributed by atoms with van der Waals surface area (Å²) in [6.07, 6.45) is 4.68. The standard InChI is InChI=1S/C24H27N5O2/c1-15-12-16(2)22(17(3)13-15)26-23(30)19-6-10-29(11-7-19)24(31)21-14-20(27-28-21)18-4-8-25-9-5-18/h4-5,8-9,12-14,19H,6-7,10-11H2,1-3H3,(H,26,30)(H,27,28). The van der Waals surface area contributed by atoms with Crippen LogP contribution in [-0.4, -0.2) is 45.0 Å². The van der Waals surface area contributed by atoms with E-state index in [0.29, 0.717) is 37.3 Å². The molecular formula is C24H27N5O2. The number of carbonyl (C=O) groups is 2. The largest absolute Gasteiger partial charge is 0.337 e. The number of hydrogen-bond acceptors (Lipinski definition) is 4. The summed E-state index contributed by atoms with van der Waals surface area (Å²) in [6, 6.07) is 9.63. The van der Waals surface area contributed by atoms with Crippen LogP contribution in [0.4, 0.5) is 5.69 Å². The van der Waals surface area contributed by atoms with Crippen LogP contribution >= 0.6 is 0 Å². The van der Waals surface area contributed by atoms with Gasteiger partial charge in [0.25, 0.3) is 5.91 Å². The molecule has 2 N–H and O–H groups in total. The van der Waals surface area contributed by atoms with Crippen molar-refractivity contribution >= 4 is 17.5 Å². The van der Waals surface area contributed by atoms with E-state index in [1.165, 1.54) is 5.56 Å². The Morgan fingerprint density at radius 1 is 1.03 bits per heavy atom. The number of aromatic nitrogens is 3. The van der Waals surface area contributed by atoms with Crippen LogP contribution in [0.1, 0.15) is 40.0 Å². The maximum Gasteiger partial charge on any atom is 0.271 e. The molecule has 0 unspecified atom stereocenters. The number of aryl methyl sites for hydroxylation is 3. The molecule has 2 aromatic heterocycles. The minimum absolute atomic E-state index is 0.0312. The highest BCUT2D eigenvalue weighted by atomic mass is 16.2. The van der Waals surface area contributed by atoms with Gasteiger partial charge < -0.3 is 10.2 Å². The monoisotopic (exact) mass is 417 g/mol. The highest BCUT2D eigenvalue weighted by molar-refractivity contribution is 5.95. The Kier molecular flexibility index (Phi) is 5.84. The second kappa shape index (κ2) is 8.71. The zero-order chi connectivity index (χ0) is 22.0. The van der Waals surface area contributed by atoms with Gasteiger partial charge in [-0.1, -0.05) is 17.7 Å². The lowest BCUT2D eigenvalue weighted by Crippen LogP contribution is -2.41. The highest BCUT2D eigenvalue weighted by Gasteiger charge is 2.29. The van der Waals surface area contributed by atoms with E-state index in [4.69, 9.17) is 0 Å². The van der Waals surface area contributed by atoms with E-state index in [0.717, 1.165) is 22.4 Å². The van der Waals surface area contributed by atoms with Crippen molar-refractivity contribution in [2.75, 3.05) is 18.4 Å². The normalized spacial score (nSPS) is 14.5. The number of piperidine rings is 1. The fraction of sp³-hybridized carbons (Fsp3) is 0.333. The Hall–Kier alpha value is -3.48. The zero-order valence-electron chi connectivity index (χ0n) is 18.1. The van der Waals surface area contributed by atoms with Crippen molar-refractivity contribution in [3.05, 3.63) is 65.1 Å². The number of carbonyl (C=O) groups excluding carboxylic acids is 2. The Balaban J connectivity index is 1.36. The lowest BCUT2D eigenvalue weighted by atomic mass is 9.95. The van der Waals surface area contributed by atoms with Gasteiger partial charge >= 0.3 is 0 Å². The van der Waals surface area contributed by atoms with Crippen molar-refractivity contribution in [2.45, 2.75) is 33.6 Å². The van der Waals surface area contributed by atoms with Crippen molar-refractivity contribution in [3.63, 3.8) is 0 Å². The molecule has 31 heavy (non-hydrogen) atoms. The summed E-state index contributed by atoms with van der Waals surface area (Å²) in [4.78, 5) is 31.5. The summed E-state index contributed by atoms with van der Waals surface area (Å²) >= 11 is 0. The minimum atomic E-state index is -0.0988. The van der Waals surface area contributed by atoms with Gasteiger partial charge in [-0.3, -0.25) is 19.7 Å². The molecule has 4 rings (SSSR count). The molecule has 1 aliphatic heterocycles. The SMILES string of the molecule is Cc1cc(C)c(NC(=O)C2CCN(C(=O)c3cc(-c4ccncc4)n[nH]3)CC2)c(C)c1. The molecule has 1 aromatic carbocycles. The second-order valence-electron chi connectivity index (χ2n) is 8.23. The van der Waals surface area contributed by atoms with Gasteiger partial charge in [-0.05, 0) is 62.9 Å². The number of H-pyrrole nitrogens is 1. The lowest BCUT2D eigenvalue weighted by Gasteiger charge is -2.31. The van der Waals surface area contributed by atoms with Crippen molar-refractivity contribution in [1.82, 2.24) is 20.1 Å². The number of pyridine rings is 1. The Labute approximate surface area is 181 Å². The summed E-state index contributed by atoms with van der Waals surface area (Å²) in [6.45, 7) is 7.18. The first-order valence-corrected chi connectivity index (χ1v) is 10.6. The molecule has 7 nitrogen and oxygen atoms in total. The molecule has 160 valence electrons. The van der Waals surface area contributed by atoms with Crippen molar-refractivity contribution in [1.29, 1.82) is 0 Å². The smallest absolute Gasteiger partial charge is 0.271 e.